The van der Waals surface area contributed by atoms with Crippen molar-refractivity contribution in [2.24, 2.45) is 0 Å². The van der Waals surface area contributed by atoms with E-state index >= 15 is 0 Å². The van der Waals surface area contributed by atoms with Crippen molar-refractivity contribution in [1.29, 1.82) is 0 Å². The Labute approximate surface area is 128 Å². The Morgan fingerprint density at radius 1 is 1.25 bits per heavy atom. The molecule has 0 saturated carbocycles. The van der Waals surface area contributed by atoms with Crippen molar-refractivity contribution in [3.05, 3.63) is 52.1 Å². The number of benzene rings is 1. The number of pyridine rings is 1. The van der Waals surface area contributed by atoms with Crippen molar-refractivity contribution < 1.29 is 4.74 Å². The number of halogens is 2. The monoisotopic (exact) mass is 310 g/mol. The van der Waals surface area contributed by atoms with E-state index < -0.39 is 0 Å². The van der Waals surface area contributed by atoms with Crippen LogP contribution in [0.15, 0.2) is 36.5 Å². The summed E-state index contributed by atoms with van der Waals surface area (Å²) < 4.78 is 5.04. The summed E-state index contributed by atoms with van der Waals surface area (Å²) in [6.45, 7) is 2.10. The Morgan fingerprint density at radius 2 is 2.05 bits per heavy atom. The third-order valence-electron chi connectivity index (χ3n) is 3.03. The van der Waals surface area contributed by atoms with E-state index in [4.69, 9.17) is 27.9 Å². The lowest BCUT2D eigenvalue weighted by atomic mass is 10.0. The highest BCUT2D eigenvalue weighted by Gasteiger charge is 2.13. The van der Waals surface area contributed by atoms with Crippen molar-refractivity contribution in [3.63, 3.8) is 0 Å². The lowest BCUT2D eigenvalue weighted by Gasteiger charge is -2.20. The molecule has 0 amide bonds. The molecule has 1 aromatic heterocycles. The Morgan fingerprint density at radius 3 is 2.60 bits per heavy atom. The number of nitrogens with one attached hydrogen (secondary N) is 1. The molecular weight excluding hydrogens is 295 g/mol. The van der Waals surface area contributed by atoms with Crippen molar-refractivity contribution in [2.45, 2.75) is 19.4 Å². The third kappa shape index (κ3) is 3.56. The molecule has 0 aliphatic rings. The lowest BCUT2D eigenvalue weighted by Crippen LogP contribution is -2.10. The first-order valence-corrected chi connectivity index (χ1v) is 7.11. The van der Waals surface area contributed by atoms with Gasteiger partial charge >= 0.3 is 0 Å². The van der Waals surface area contributed by atoms with E-state index in [2.05, 4.69) is 17.2 Å². The van der Waals surface area contributed by atoms with E-state index in [0.717, 1.165) is 17.7 Å². The highest BCUT2D eigenvalue weighted by molar-refractivity contribution is 6.35. The summed E-state index contributed by atoms with van der Waals surface area (Å²) in [7, 11) is 1.60. The van der Waals surface area contributed by atoms with Crippen LogP contribution in [0.3, 0.4) is 0 Å². The zero-order valence-corrected chi connectivity index (χ0v) is 12.9. The fourth-order valence-electron chi connectivity index (χ4n) is 1.97. The van der Waals surface area contributed by atoms with E-state index in [1.54, 1.807) is 19.4 Å². The zero-order chi connectivity index (χ0) is 14.5. The molecule has 1 unspecified atom stereocenters. The van der Waals surface area contributed by atoms with E-state index in [9.17, 15) is 0 Å². The van der Waals surface area contributed by atoms with Crippen LogP contribution in [0.5, 0.6) is 5.88 Å². The average molecular weight is 311 g/mol. The maximum absolute atomic E-state index is 6.26. The Balaban J connectivity index is 2.19. The fraction of sp³-hybridized carbons (Fsp3) is 0.267. The van der Waals surface area contributed by atoms with Crippen molar-refractivity contribution >= 4 is 28.9 Å². The van der Waals surface area contributed by atoms with Gasteiger partial charge in [0.05, 0.1) is 25.0 Å². The van der Waals surface area contributed by atoms with E-state index in [1.165, 1.54) is 0 Å². The second kappa shape index (κ2) is 6.82. The predicted molar refractivity (Wildman–Crippen MR) is 83.9 cm³/mol. The Hall–Kier alpha value is -1.45. The molecule has 0 saturated heterocycles. The Bertz CT molecular complexity index is 573. The van der Waals surface area contributed by atoms with E-state index in [1.807, 2.05) is 24.3 Å². The molecule has 0 spiro atoms. The number of ether oxygens (including phenoxy) is 1. The minimum Gasteiger partial charge on any atom is -0.481 e. The molecule has 1 atom stereocenters. The summed E-state index contributed by atoms with van der Waals surface area (Å²) in [6, 6.07) is 9.41. The molecule has 5 heteroatoms. The van der Waals surface area contributed by atoms with Crippen LogP contribution in [-0.4, -0.2) is 12.1 Å². The number of hydrogen-bond acceptors (Lipinski definition) is 3. The maximum Gasteiger partial charge on any atom is 0.213 e. The predicted octanol–water partition coefficient (Wildman–Crippen LogP) is 4.96. The molecule has 0 aliphatic carbocycles. The van der Waals surface area contributed by atoms with Gasteiger partial charge in [0.15, 0.2) is 0 Å². The first kappa shape index (κ1) is 14.9. The highest BCUT2D eigenvalue weighted by atomic mass is 35.5. The third-order valence-corrected chi connectivity index (χ3v) is 3.59. The summed E-state index contributed by atoms with van der Waals surface area (Å²) in [5.41, 5.74) is 1.94. The second-order valence-corrected chi connectivity index (χ2v) is 5.20. The molecule has 1 aromatic carbocycles. The lowest BCUT2D eigenvalue weighted by molar-refractivity contribution is 0.398. The first-order chi connectivity index (χ1) is 9.63. The molecule has 0 fully saturated rings. The summed E-state index contributed by atoms with van der Waals surface area (Å²) >= 11 is 12.2. The average Bonchev–Trinajstić information content (AvgIpc) is 2.46. The Kier molecular flexibility index (Phi) is 5.10. The van der Waals surface area contributed by atoms with E-state index in [0.29, 0.717) is 15.9 Å². The van der Waals surface area contributed by atoms with Gasteiger partial charge in [-0.15, -0.1) is 0 Å². The molecule has 2 aromatic rings. The molecule has 0 aliphatic heterocycles. The van der Waals surface area contributed by atoms with Crippen LogP contribution in [0.2, 0.25) is 10.0 Å². The summed E-state index contributed by atoms with van der Waals surface area (Å²) in [4.78, 5) is 4.18. The second-order valence-electron chi connectivity index (χ2n) is 4.36. The van der Waals surface area contributed by atoms with Gasteiger partial charge in [-0.25, -0.2) is 4.98 Å². The van der Waals surface area contributed by atoms with Gasteiger partial charge < -0.3 is 10.1 Å². The molecule has 20 heavy (non-hydrogen) atoms. The normalized spacial score (nSPS) is 12.0. The van der Waals surface area contributed by atoms with Crippen LogP contribution >= 0.6 is 23.2 Å². The zero-order valence-electron chi connectivity index (χ0n) is 11.4. The molecule has 1 N–H and O–H groups in total. The fourth-order valence-corrected chi connectivity index (χ4v) is 2.51. The summed E-state index contributed by atoms with van der Waals surface area (Å²) in [5.74, 6) is 0.591. The minimum atomic E-state index is 0.106. The van der Waals surface area contributed by atoms with Gasteiger partial charge in [-0.3, -0.25) is 0 Å². The quantitative estimate of drug-likeness (QED) is 0.847. The standard InChI is InChI=1S/C15H16Cl2N2O/c1-3-14(12-6-4-10(16)8-13(12)17)19-11-5-7-15(20-2)18-9-11/h4-9,14,19H,3H2,1-2H3. The number of nitrogens with zero attached hydrogens (tertiary/aromatic N) is 1. The number of hydrogen-bond donors (Lipinski definition) is 1. The van der Waals surface area contributed by atoms with Gasteiger partial charge in [0.2, 0.25) is 5.88 Å². The minimum absolute atomic E-state index is 0.106. The van der Waals surface area contributed by atoms with Gasteiger partial charge in [0, 0.05) is 16.1 Å². The molecule has 0 bridgehead atoms. The molecule has 106 valence electrons. The smallest absolute Gasteiger partial charge is 0.213 e. The van der Waals surface area contributed by atoms with Crippen molar-refractivity contribution in [3.8, 4) is 5.88 Å². The van der Waals surface area contributed by atoms with Crippen LogP contribution in [0.4, 0.5) is 5.69 Å². The van der Waals surface area contributed by atoms with Crippen LogP contribution in [0.1, 0.15) is 24.9 Å². The summed E-state index contributed by atoms with van der Waals surface area (Å²) in [5, 5.41) is 4.71. The topological polar surface area (TPSA) is 34.1 Å². The van der Waals surface area contributed by atoms with Crippen LogP contribution in [0.25, 0.3) is 0 Å². The molecular formula is C15H16Cl2N2O. The van der Waals surface area contributed by atoms with Gasteiger partial charge in [0.1, 0.15) is 0 Å². The molecule has 0 radical (unpaired) electrons. The largest absolute Gasteiger partial charge is 0.481 e. The number of anilines is 1. The van der Waals surface area contributed by atoms with Crippen LogP contribution in [-0.2, 0) is 0 Å². The van der Waals surface area contributed by atoms with Gasteiger partial charge in [-0.05, 0) is 30.2 Å². The number of aromatic nitrogens is 1. The number of rotatable bonds is 5. The molecule has 3 nitrogen and oxygen atoms in total. The highest BCUT2D eigenvalue weighted by Crippen LogP contribution is 2.30. The SMILES string of the molecule is CCC(Nc1ccc(OC)nc1)c1ccc(Cl)cc1Cl. The number of methoxy groups -OCH3 is 1. The van der Waals surface area contributed by atoms with E-state index in [-0.39, 0.29) is 6.04 Å². The maximum atomic E-state index is 6.26. The summed E-state index contributed by atoms with van der Waals surface area (Å²) in [6.07, 6.45) is 2.64. The molecule has 2 rings (SSSR count). The van der Waals surface area contributed by atoms with Crippen molar-refractivity contribution in [2.75, 3.05) is 12.4 Å². The van der Waals surface area contributed by atoms with Gasteiger partial charge in [0.25, 0.3) is 0 Å². The van der Waals surface area contributed by atoms with Crippen LogP contribution in [0, 0.1) is 0 Å². The van der Waals surface area contributed by atoms with Gasteiger partial charge in [-0.1, -0.05) is 36.2 Å². The molecule has 1 heterocycles. The first-order valence-electron chi connectivity index (χ1n) is 6.35. The van der Waals surface area contributed by atoms with Crippen LogP contribution < -0.4 is 10.1 Å². The van der Waals surface area contributed by atoms with Crippen molar-refractivity contribution in [1.82, 2.24) is 4.98 Å². The van der Waals surface area contributed by atoms with Gasteiger partial charge in [-0.2, -0.15) is 0 Å².